The first-order valence-corrected chi connectivity index (χ1v) is 5.40. The van der Waals surface area contributed by atoms with Crippen LogP contribution in [0.15, 0.2) is 28.9 Å². The maximum Gasteiger partial charge on any atom is 0.176 e. The van der Waals surface area contributed by atoms with Crippen LogP contribution >= 0.6 is 11.3 Å². The molecule has 0 aliphatic heterocycles. The van der Waals surface area contributed by atoms with Gasteiger partial charge in [0.05, 0.1) is 11.1 Å². The van der Waals surface area contributed by atoms with Crippen LogP contribution in [0.3, 0.4) is 0 Å². The highest BCUT2D eigenvalue weighted by atomic mass is 32.1. The van der Waals surface area contributed by atoms with E-state index in [1.807, 2.05) is 6.07 Å². The van der Waals surface area contributed by atoms with Crippen molar-refractivity contribution < 1.29 is 4.52 Å². The molecule has 74 valence electrons. The van der Waals surface area contributed by atoms with Crippen LogP contribution in [0.25, 0.3) is 10.6 Å². The van der Waals surface area contributed by atoms with Gasteiger partial charge in [-0.25, -0.2) is 0 Å². The third-order valence-corrected chi connectivity index (χ3v) is 3.55. The Morgan fingerprint density at radius 3 is 2.50 bits per heavy atom. The monoisotopic (exact) mass is 207 g/mol. The molecule has 0 aromatic carbocycles. The summed E-state index contributed by atoms with van der Waals surface area (Å²) in [6, 6.07) is 6.13. The molecule has 0 N–H and O–H groups in total. The fourth-order valence-corrected chi connectivity index (χ4v) is 2.24. The van der Waals surface area contributed by atoms with Crippen molar-refractivity contribution in [3.63, 3.8) is 0 Å². The fourth-order valence-electron chi connectivity index (χ4n) is 1.22. The van der Waals surface area contributed by atoms with Gasteiger partial charge in [0, 0.05) is 10.9 Å². The molecule has 0 saturated heterocycles. The van der Waals surface area contributed by atoms with Gasteiger partial charge in [0.1, 0.15) is 0 Å². The SMILES string of the molecule is CC(C)(C)c1ccc(-c2ccno2)s1. The molecular weight excluding hydrogens is 194 g/mol. The smallest absolute Gasteiger partial charge is 0.176 e. The normalized spacial score (nSPS) is 11.9. The van der Waals surface area contributed by atoms with Crippen LogP contribution in [-0.4, -0.2) is 5.16 Å². The number of thiophene rings is 1. The topological polar surface area (TPSA) is 26.0 Å². The lowest BCUT2D eigenvalue weighted by Gasteiger charge is -2.15. The molecule has 0 amide bonds. The molecule has 0 aliphatic carbocycles. The van der Waals surface area contributed by atoms with Gasteiger partial charge in [-0.15, -0.1) is 11.3 Å². The summed E-state index contributed by atoms with van der Waals surface area (Å²) in [7, 11) is 0. The zero-order valence-electron chi connectivity index (χ0n) is 8.57. The molecule has 0 radical (unpaired) electrons. The Labute approximate surface area is 87.6 Å². The summed E-state index contributed by atoms with van der Waals surface area (Å²) in [6.07, 6.45) is 1.67. The lowest BCUT2D eigenvalue weighted by molar-refractivity contribution is 0.433. The molecule has 0 atom stereocenters. The number of rotatable bonds is 1. The predicted octanol–water partition coefficient (Wildman–Crippen LogP) is 3.70. The summed E-state index contributed by atoms with van der Waals surface area (Å²) < 4.78 is 5.11. The van der Waals surface area contributed by atoms with Crippen LogP contribution in [-0.2, 0) is 5.41 Å². The summed E-state index contributed by atoms with van der Waals surface area (Å²) in [5.74, 6) is 0.852. The minimum Gasteiger partial charge on any atom is -0.355 e. The second kappa shape index (κ2) is 3.24. The van der Waals surface area contributed by atoms with E-state index < -0.39 is 0 Å². The molecule has 0 spiro atoms. The Balaban J connectivity index is 2.36. The Bertz CT molecular complexity index is 409. The molecule has 2 heterocycles. The molecule has 14 heavy (non-hydrogen) atoms. The van der Waals surface area contributed by atoms with Gasteiger partial charge >= 0.3 is 0 Å². The third-order valence-electron chi connectivity index (χ3n) is 2.03. The van der Waals surface area contributed by atoms with Crippen molar-refractivity contribution in [1.29, 1.82) is 0 Å². The first-order valence-electron chi connectivity index (χ1n) is 4.59. The Morgan fingerprint density at radius 2 is 2.00 bits per heavy atom. The lowest BCUT2D eigenvalue weighted by Crippen LogP contribution is -2.07. The molecule has 0 saturated carbocycles. The van der Waals surface area contributed by atoms with Crippen molar-refractivity contribution >= 4 is 11.3 Å². The minimum absolute atomic E-state index is 0.211. The Hall–Kier alpha value is -1.09. The molecule has 2 rings (SSSR count). The quantitative estimate of drug-likeness (QED) is 0.712. The van der Waals surface area contributed by atoms with Crippen LogP contribution in [0, 0.1) is 0 Å². The van der Waals surface area contributed by atoms with E-state index in [1.165, 1.54) is 4.88 Å². The molecule has 0 bridgehead atoms. The molecule has 2 nitrogen and oxygen atoms in total. The van der Waals surface area contributed by atoms with E-state index >= 15 is 0 Å². The van der Waals surface area contributed by atoms with Crippen molar-refractivity contribution in [3.05, 3.63) is 29.3 Å². The molecule has 2 aromatic rings. The number of hydrogen-bond acceptors (Lipinski definition) is 3. The first-order chi connectivity index (χ1) is 6.57. The highest BCUT2D eigenvalue weighted by Crippen LogP contribution is 2.34. The largest absolute Gasteiger partial charge is 0.355 e. The van der Waals surface area contributed by atoms with Crippen LogP contribution in [0.1, 0.15) is 25.6 Å². The van der Waals surface area contributed by atoms with E-state index in [1.54, 1.807) is 17.5 Å². The van der Waals surface area contributed by atoms with E-state index in [0.29, 0.717) is 0 Å². The van der Waals surface area contributed by atoms with Gasteiger partial charge < -0.3 is 4.52 Å². The third kappa shape index (κ3) is 1.73. The van der Waals surface area contributed by atoms with Crippen LogP contribution in [0.5, 0.6) is 0 Å². The summed E-state index contributed by atoms with van der Waals surface area (Å²) in [5.41, 5.74) is 0.211. The average molecular weight is 207 g/mol. The first kappa shape index (κ1) is 9.46. The van der Waals surface area contributed by atoms with Crippen molar-refractivity contribution in [2.24, 2.45) is 0 Å². The average Bonchev–Trinajstić information content (AvgIpc) is 2.73. The van der Waals surface area contributed by atoms with Crippen molar-refractivity contribution in [2.75, 3.05) is 0 Å². The lowest BCUT2D eigenvalue weighted by atomic mass is 9.95. The van der Waals surface area contributed by atoms with Crippen LogP contribution in [0.2, 0.25) is 0 Å². The van der Waals surface area contributed by atoms with Crippen molar-refractivity contribution in [1.82, 2.24) is 5.16 Å². The molecular formula is C11H13NOS. The van der Waals surface area contributed by atoms with E-state index in [0.717, 1.165) is 10.6 Å². The second-order valence-electron chi connectivity index (χ2n) is 4.29. The minimum atomic E-state index is 0.211. The van der Waals surface area contributed by atoms with E-state index in [9.17, 15) is 0 Å². The number of hydrogen-bond donors (Lipinski definition) is 0. The maximum atomic E-state index is 5.11. The maximum absolute atomic E-state index is 5.11. The summed E-state index contributed by atoms with van der Waals surface area (Å²) >= 11 is 1.76. The van der Waals surface area contributed by atoms with Gasteiger partial charge in [0.2, 0.25) is 0 Å². The molecule has 0 fully saturated rings. The Kier molecular flexibility index (Phi) is 2.19. The summed E-state index contributed by atoms with van der Waals surface area (Å²) in [4.78, 5) is 2.51. The van der Waals surface area contributed by atoms with Crippen LogP contribution in [0.4, 0.5) is 0 Å². The highest BCUT2D eigenvalue weighted by Gasteiger charge is 2.17. The molecule has 0 unspecified atom stereocenters. The van der Waals surface area contributed by atoms with E-state index in [4.69, 9.17) is 4.52 Å². The van der Waals surface area contributed by atoms with Crippen molar-refractivity contribution in [2.45, 2.75) is 26.2 Å². The zero-order valence-corrected chi connectivity index (χ0v) is 9.39. The van der Waals surface area contributed by atoms with Gasteiger partial charge in [-0.2, -0.15) is 0 Å². The van der Waals surface area contributed by atoms with E-state index in [-0.39, 0.29) is 5.41 Å². The number of nitrogens with zero attached hydrogens (tertiary/aromatic N) is 1. The second-order valence-corrected chi connectivity index (χ2v) is 5.37. The van der Waals surface area contributed by atoms with Gasteiger partial charge in [-0.1, -0.05) is 25.9 Å². The zero-order chi connectivity index (χ0) is 10.2. The van der Waals surface area contributed by atoms with Gasteiger partial charge in [0.25, 0.3) is 0 Å². The standard InChI is InChI=1S/C11H13NOS/c1-11(2,3)10-5-4-9(14-10)8-6-7-12-13-8/h4-7H,1-3H3. The summed E-state index contributed by atoms with van der Waals surface area (Å²) in [5, 5.41) is 3.70. The molecule has 0 aliphatic rings. The molecule has 2 aromatic heterocycles. The summed E-state index contributed by atoms with van der Waals surface area (Å²) in [6.45, 7) is 6.63. The predicted molar refractivity (Wildman–Crippen MR) is 58.5 cm³/mol. The Morgan fingerprint density at radius 1 is 1.21 bits per heavy atom. The van der Waals surface area contributed by atoms with E-state index in [2.05, 4.69) is 38.1 Å². The van der Waals surface area contributed by atoms with Crippen LogP contribution < -0.4 is 0 Å². The fraction of sp³-hybridized carbons (Fsp3) is 0.364. The van der Waals surface area contributed by atoms with Gasteiger partial charge in [-0.05, 0) is 17.5 Å². The van der Waals surface area contributed by atoms with Gasteiger partial charge in [0.15, 0.2) is 5.76 Å². The molecule has 3 heteroatoms. The van der Waals surface area contributed by atoms with Gasteiger partial charge in [-0.3, -0.25) is 0 Å². The van der Waals surface area contributed by atoms with Crippen molar-refractivity contribution in [3.8, 4) is 10.6 Å². The number of aromatic nitrogens is 1. The highest BCUT2D eigenvalue weighted by molar-refractivity contribution is 7.15.